The molecule has 0 radical (unpaired) electrons. The highest BCUT2D eigenvalue weighted by Crippen LogP contribution is 2.27. The minimum absolute atomic E-state index is 0.0254. The van der Waals surface area contributed by atoms with Gasteiger partial charge in [0.05, 0.1) is 5.69 Å². The molecule has 2 heterocycles. The fourth-order valence-electron chi connectivity index (χ4n) is 2.29. The molecule has 0 atom stereocenters. The highest BCUT2D eigenvalue weighted by molar-refractivity contribution is 6.09. The number of hydrogen-bond donors (Lipinski definition) is 1. The van der Waals surface area contributed by atoms with E-state index in [0.717, 1.165) is 0 Å². The molecule has 0 unspecified atom stereocenters. The molecule has 2 rings (SSSR count). The Morgan fingerprint density at radius 1 is 1.38 bits per heavy atom. The monoisotopic (exact) mass is 293 g/mol. The molecule has 1 aromatic heterocycles. The molecule has 0 aromatic carbocycles. The Kier molecular flexibility index (Phi) is 3.61. The van der Waals surface area contributed by atoms with E-state index in [-0.39, 0.29) is 12.5 Å². The zero-order chi connectivity index (χ0) is 15.9. The van der Waals surface area contributed by atoms with Gasteiger partial charge in [-0.05, 0) is 20.8 Å². The van der Waals surface area contributed by atoms with Crippen LogP contribution in [-0.4, -0.2) is 39.9 Å². The summed E-state index contributed by atoms with van der Waals surface area (Å²) in [5.41, 5.74) is -0.318. The number of amides is 3. The van der Waals surface area contributed by atoms with Gasteiger partial charge in [0, 0.05) is 5.92 Å². The lowest BCUT2D eigenvalue weighted by molar-refractivity contribution is -0.143. The second-order valence-corrected chi connectivity index (χ2v) is 5.99. The van der Waals surface area contributed by atoms with Crippen LogP contribution in [-0.2, 0) is 9.59 Å². The topological polar surface area (TPSA) is 92.5 Å². The van der Waals surface area contributed by atoms with Crippen molar-refractivity contribution < 1.29 is 18.9 Å². The summed E-state index contributed by atoms with van der Waals surface area (Å²) < 4.78 is 5.21. The number of nitrogens with one attached hydrogen (secondary N) is 1. The second-order valence-electron chi connectivity index (χ2n) is 5.99. The first-order valence-corrected chi connectivity index (χ1v) is 6.78. The summed E-state index contributed by atoms with van der Waals surface area (Å²) in [5.74, 6) is -0.958. The largest absolute Gasteiger partial charge is 0.360 e. The van der Waals surface area contributed by atoms with Crippen LogP contribution >= 0.6 is 0 Å². The van der Waals surface area contributed by atoms with E-state index in [4.69, 9.17) is 4.52 Å². The predicted molar refractivity (Wildman–Crippen MR) is 73.6 cm³/mol. The van der Waals surface area contributed by atoms with E-state index >= 15 is 0 Å². The van der Waals surface area contributed by atoms with Gasteiger partial charge in [-0.25, -0.2) is 0 Å². The number of nitrogens with zero attached hydrogens (tertiary/aromatic N) is 2. The van der Waals surface area contributed by atoms with Gasteiger partial charge in [-0.15, -0.1) is 0 Å². The summed E-state index contributed by atoms with van der Waals surface area (Å²) in [6.45, 7) is 8.47. The lowest BCUT2D eigenvalue weighted by Gasteiger charge is -2.40. The normalized spacial score (nSPS) is 18.1. The molecule has 1 fully saturated rings. The average molecular weight is 293 g/mol. The van der Waals surface area contributed by atoms with Crippen LogP contribution in [0.5, 0.6) is 0 Å². The Bertz CT molecular complexity index is 616. The number of carbonyl (C=O) groups is 3. The number of imide groups is 1. The fraction of sp³-hybridized carbons (Fsp3) is 0.571. The van der Waals surface area contributed by atoms with Crippen molar-refractivity contribution in [2.75, 3.05) is 6.54 Å². The van der Waals surface area contributed by atoms with Gasteiger partial charge < -0.3 is 9.42 Å². The maximum absolute atomic E-state index is 12.8. The molecule has 0 bridgehead atoms. The minimum atomic E-state index is -1.11. The van der Waals surface area contributed by atoms with Gasteiger partial charge in [-0.3, -0.25) is 19.7 Å². The molecule has 7 nitrogen and oxygen atoms in total. The van der Waals surface area contributed by atoms with Crippen LogP contribution in [0.2, 0.25) is 0 Å². The molecule has 114 valence electrons. The molecular weight excluding hydrogens is 274 g/mol. The first-order valence-electron chi connectivity index (χ1n) is 6.78. The van der Waals surface area contributed by atoms with Crippen molar-refractivity contribution in [1.29, 1.82) is 0 Å². The van der Waals surface area contributed by atoms with Crippen molar-refractivity contribution in [2.45, 2.75) is 46.1 Å². The smallest absolute Gasteiger partial charge is 0.260 e. The SMILES string of the molecule is Cc1noc(C(C)C)c1C(=O)N1CC(=O)NC(=O)C1(C)C. The first-order chi connectivity index (χ1) is 9.66. The molecule has 0 spiro atoms. The summed E-state index contributed by atoms with van der Waals surface area (Å²) >= 11 is 0. The van der Waals surface area contributed by atoms with Crippen molar-refractivity contribution in [3.63, 3.8) is 0 Å². The second kappa shape index (κ2) is 4.98. The molecule has 1 aromatic rings. The third kappa shape index (κ3) is 2.43. The Hall–Kier alpha value is -2.18. The Morgan fingerprint density at radius 3 is 2.57 bits per heavy atom. The molecule has 1 saturated heterocycles. The van der Waals surface area contributed by atoms with E-state index in [2.05, 4.69) is 10.5 Å². The minimum Gasteiger partial charge on any atom is -0.360 e. The van der Waals surface area contributed by atoms with Crippen molar-refractivity contribution >= 4 is 17.7 Å². The van der Waals surface area contributed by atoms with Crippen molar-refractivity contribution in [3.8, 4) is 0 Å². The Balaban J connectivity index is 2.46. The molecule has 1 aliphatic heterocycles. The zero-order valence-electron chi connectivity index (χ0n) is 12.8. The number of aromatic nitrogens is 1. The van der Waals surface area contributed by atoms with Crippen molar-refractivity contribution in [3.05, 3.63) is 17.0 Å². The molecule has 21 heavy (non-hydrogen) atoms. The van der Waals surface area contributed by atoms with E-state index in [1.54, 1.807) is 20.8 Å². The molecule has 1 aliphatic rings. The van der Waals surface area contributed by atoms with Crippen LogP contribution in [0.15, 0.2) is 4.52 Å². The van der Waals surface area contributed by atoms with Gasteiger partial charge in [-0.1, -0.05) is 19.0 Å². The van der Waals surface area contributed by atoms with Crippen LogP contribution < -0.4 is 5.32 Å². The maximum atomic E-state index is 12.8. The standard InChI is InChI=1S/C14H19N3O4/c1-7(2)11-10(8(3)16-21-11)12(19)17-6-9(18)15-13(20)14(17,4)5/h7H,6H2,1-5H3,(H,15,18,20). The number of aryl methyl sites for hydroxylation is 1. The van der Waals surface area contributed by atoms with Crippen LogP contribution in [0.1, 0.15) is 55.4 Å². The van der Waals surface area contributed by atoms with Gasteiger partial charge >= 0.3 is 0 Å². The van der Waals surface area contributed by atoms with E-state index in [0.29, 0.717) is 17.0 Å². The van der Waals surface area contributed by atoms with E-state index < -0.39 is 23.3 Å². The summed E-state index contributed by atoms with van der Waals surface area (Å²) in [5, 5.41) is 6.07. The highest BCUT2D eigenvalue weighted by atomic mass is 16.5. The van der Waals surface area contributed by atoms with E-state index in [9.17, 15) is 14.4 Å². The summed E-state index contributed by atoms with van der Waals surface area (Å²) in [4.78, 5) is 37.6. The Morgan fingerprint density at radius 2 is 2.00 bits per heavy atom. The molecule has 0 aliphatic carbocycles. The number of hydrogen-bond acceptors (Lipinski definition) is 5. The van der Waals surface area contributed by atoms with Crippen LogP contribution in [0.25, 0.3) is 0 Å². The molecule has 0 saturated carbocycles. The lowest BCUT2D eigenvalue weighted by atomic mass is 9.96. The van der Waals surface area contributed by atoms with Crippen molar-refractivity contribution in [2.24, 2.45) is 0 Å². The van der Waals surface area contributed by atoms with Crippen LogP contribution in [0.4, 0.5) is 0 Å². The van der Waals surface area contributed by atoms with Gasteiger partial charge in [0.2, 0.25) is 5.91 Å². The van der Waals surface area contributed by atoms with Crippen LogP contribution in [0.3, 0.4) is 0 Å². The summed E-state index contributed by atoms with van der Waals surface area (Å²) in [7, 11) is 0. The summed E-state index contributed by atoms with van der Waals surface area (Å²) in [6, 6.07) is 0. The molecule has 3 amide bonds. The molecule has 7 heteroatoms. The third-order valence-electron chi connectivity index (χ3n) is 3.66. The molecule has 1 N–H and O–H groups in total. The first kappa shape index (κ1) is 15.2. The molecular formula is C14H19N3O4. The van der Waals surface area contributed by atoms with Gasteiger partial charge in [0.1, 0.15) is 17.6 Å². The predicted octanol–water partition coefficient (Wildman–Crippen LogP) is 0.984. The van der Waals surface area contributed by atoms with Gasteiger partial charge in [0.15, 0.2) is 5.76 Å². The highest BCUT2D eigenvalue weighted by Gasteiger charge is 2.45. The number of piperazine rings is 1. The number of carbonyl (C=O) groups excluding carboxylic acids is 3. The maximum Gasteiger partial charge on any atom is 0.260 e. The quantitative estimate of drug-likeness (QED) is 0.821. The number of rotatable bonds is 2. The van der Waals surface area contributed by atoms with Crippen LogP contribution in [0, 0.1) is 6.92 Å². The van der Waals surface area contributed by atoms with E-state index in [1.165, 1.54) is 4.90 Å². The van der Waals surface area contributed by atoms with Gasteiger partial charge in [-0.2, -0.15) is 0 Å². The fourth-order valence-corrected chi connectivity index (χ4v) is 2.29. The zero-order valence-corrected chi connectivity index (χ0v) is 12.8. The third-order valence-corrected chi connectivity index (χ3v) is 3.66. The van der Waals surface area contributed by atoms with Crippen molar-refractivity contribution in [1.82, 2.24) is 15.4 Å². The van der Waals surface area contributed by atoms with Gasteiger partial charge in [0.25, 0.3) is 11.8 Å². The average Bonchev–Trinajstić information content (AvgIpc) is 2.75. The Labute approximate surface area is 122 Å². The lowest BCUT2D eigenvalue weighted by Crippen LogP contribution is -2.65. The van der Waals surface area contributed by atoms with E-state index in [1.807, 2.05) is 13.8 Å². The summed E-state index contributed by atoms with van der Waals surface area (Å²) in [6.07, 6.45) is 0.